The lowest BCUT2D eigenvalue weighted by atomic mass is 9.99. The standard InChI is InChI=1S/C17H26N6O/c1-11(2)16(23-10-18-9-19-23)17(24)22-8-6-7-14(22)15-12(3)20-21(5)13(15)4/h9-11,14,16H,6-8H2,1-5H3/t14-,16+/m1/s1. The highest BCUT2D eigenvalue weighted by Gasteiger charge is 2.38. The van der Waals surface area contributed by atoms with E-state index in [0.29, 0.717) is 0 Å². The lowest BCUT2D eigenvalue weighted by Crippen LogP contribution is -2.39. The van der Waals surface area contributed by atoms with Gasteiger partial charge in [-0.25, -0.2) is 9.67 Å². The molecular weight excluding hydrogens is 304 g/mol. The number of carbonyl (C=O) groups is 1. The normalized spacial score (nSPS) is 19.2. The molecule has 0 aliphatic carbocycles. The largest absolute Gasteiger partial charge is 0.334 e. The van der Waals surface area contributed by atoms with Crippen LogP contribution in [0.15, 0.2) is 12.7 Å². The van der Waals surface area contributed by atoms with E-state index in [1.807, 2.05) is 23.6 Å². The Labute approximate surface area is 142 Å². The zero-order valence-electron chi connectivity index (χ0n) is 15.1. The van der Waals surface area contributed by atoms with E-state index >= 15 is 0 Å². The van der Waals surface area contributed by atoms with Crippen molar-refractivity contribution in [1.82, 2.24) is 29.4 Å². The number of amides is 1. The molecule has 0 N–H and O–H groups in total. The van der Waals surface area contributed by atoms with E-state index < -0.39 is 0 Å². The first-order valence-electron chi connectivity index (χ1n) is 8.56. The van der Waals surface area contributed by atoms with Gasteiger partial charge >= 0.3 is 0 Å². The summed E-state index contributed by atoms with van der Waals surface area (Å²) in [6.07, 6.45) is 5.13. The molecule has 7 nitrogen and oxygen atoms in total. The fraction of sp³-hybridized carbons (Fsp3) is 0.647. The molecule has 3 rings (SSSR count). The second-order valence-corrected chi connectivity index (χ2v) is 6.96. The van der Waals surface area contributed by atoms with Crippen LogP contribution in [0.5, 0.6) is 0 Å². The molecule has 0 spiro atoms. The van der Waals surface area contributed by atoms with Crippen molar-refractivity contribution >= 4 is 5.91 Å². The van der Waals surface area contributed by atoms with Crippen LogP contribution in [0, 0.1) is 19.8 Å². The van der Waals surface area contributed by atoms with E-state index in [4.69, 9.17) is 0 Å². The number of aryl methyl sites for hydroxylation is 2. The first kappa shape index (κ1) is 16.7. The summed E-state index contributed by atoms with van der Waals surface area (Å²) in [6, 6.07) is -0.207. The maximum Gasteiger partial charge on any atom is 0.248 e. The summed E-state index contributed by atoms with van der Waals surface area (Å²) in [4.78, 5) is 19.3. The summed E-state index contributed by atoms with van der Waals surface area (Å²) in [7, 11) is 1.96. The number of rotatable bonds is 4. The third-order valence-corrected chi connectivity index (χ3v) is 5.04. The summed E-state index contributed by atoms with van der Waals surface area (Å²) < 4.78 is 3.59. The molecule has 24 heavy (non-hydrogen) atoms. The molecular formula is C17H26N6O. The lowest BCUT2D eigenvalue weighted by Gasteiger charge is -2.31. The van der Waals surface area contributed by atoms with E-state index in [9.17, 15) is 4.79 Å². The maximum absolute atomic E-state index is 13.3. The summed E-state index contributed by atoms with van der Waals surface area (Å²) in [5, 5.41) is 8.74. The van der Waals surface area contributed by atoms with Gasteiger partial charge in [0.05, 0.1) is 11.7 Å². The van der Waals surface area contributed by atoms with Gasteiger partial charge in [-0.15, -0.1) is 0 Å². The van der Waals surface area contributed by atoms with Crippen molar-refractivity contribution in [2.45, 2.75) is 52.6 Å². The molecule has 1 aliphatic rings. The first-order chi connectivity index (χ1) is 11.4. The number of likely N-dealkylation sites (tertiary alicyclic amines) is 1. The van der Waals surface area contributed by atoms with Crippen LogP contribution in [0.2, 0.25) is 0 Å². The molecule has 0 bridgehead atoms. The average Bonchev–Trinajstić information content (AvgIpc) is 3.22. The number of carbonyl (C=O) groups excluding carboxylic acids is 1. The van der Waals surface area contributed by atoms with Gasteiger partial charge in [-0.3, -0.25) is 9.48 Å². The number of nitrogens with zero attached hydrogens (tertiary/aromatic N) is 6. The van der Waals surface area contributed by atoms with Crippen molar-refractivity contribution < 1.29 is 4.79 Å². The first-order valence-corrected chi connectivity index (χ1v) is 8.56. The minimum atomic E-state index is -0.314. The Hall–Kier alpha value is -2.18. The Morgan fingerprint density at radius 1 is 1.33 bits per heavy atom. The third kappa shape index (κ3) is 2.72. The van der Waals surface area contributed by atoms with Gasteiger partial charge in [0.25, 0.3) is 0 Å². The molecule has 1 saturated heterocycles. The molecule has 0 unspecified atom stereocenters. The third-order valence-electron chi connectivity index (χ3n) is 5.04. The second kappa shape index (κ2) is 6.37. The van der Waals surface area contributed by atoms with E-state index in [-0.39, 0.29) is 23.9 Å². The van der Waals surface area contributed by atoms with Gasteiger partial charge in [0.1, 0.15) is 18.7 Å². The molecule has 130 valence electrons. The Morgan fingerprint density at radius 3 is 2.62 bits per heavy atom. The molecule has 0 aromatic carbocycles. The Bertz CT molecular complexity index is 718. The van der Waals surface area contributed by atoms with Crippen LogP contribution in [0.1, 0.15) is 55.7 Å². The van der Waals surface area contributed by atoms with Gasteiger partial charge in [-0.1, -0.05) is 13.8 Å². The molecule has 1 aliphatic heterocycles. The van der Waals surface area contributed by atoms with Crippen molar-refractivity contribution in [3.05, 3.63) is 29.6 Å². The molecule has 7 heteroatoms. The SMILES string of the molecule is Cc1nn(C)c(C)c1[C@H]1CCCN1C(=O)[C@H](C(C)C)n1cncn1. The zero-order valence-corrected chi connectivity index (χ0v) is 15.1. The van der Waals surface area contributed by atoms with Crippen LogP contribution in [0.4, 0.5) is 0 Å². The number of hydrogen-bond donors (Lipinski definition) is 0. The van der Waals surface area contributed by atoms with E-state index in [1.54, 1.807) is 11.0 Å². The van der Waals surface area contributed by atoms with Gasteiger partial charge in [0.2, 0.25) is 5.91 Å². The predicted molar refractivity (Wildman–Crippen MR) is 90.3 cm³/mol. The summed E-state index contributed by atoms with van der Waals surface area (Å²) in [5.74, 6) is 0.275. The molecule has 2 aromatic rings. The van der Waals surface area contributed by atoms with Crippen LogP contribution in [-0.2, 0) is 11.8 Å². The smallest absolute Gasteiger partial charge is 0.248 e. The highest BCUT2D eigenvalue weighted by Crippen LogP contribution is 2.37. The van der Waals surface area contributed by atoms with Crippen molar-refractivity contribution in [2.75, 3.05) is 6.54 Å². The topological polar surface area (TPSA) is 68.8 Å². The average molecular weight is 330 g/mol. The predicted octanol–water partition coefficient (Wildman–Crippen LogP) is 2.19. The minimum absolute atomic E-state index is 0.107. The molecule has 2 aromatic heterocycles. The van der Waals surface area contributed by atoms with Gasteiger partial charge in [-0.2, -0.15) is 10.2 Å². The molecule has 0 radical (unpaired) electrons. The van der Waals surface area contributed by atoms with Gasteiger partial charge in [0.15, 0.2) is 0 Å². The Balaban J connectivity index is 1.93. The van der Waals surface area contributed by atoms with Crippen LogP contribution in [-0.4, -0.2) is 41.9 Å². The van der Waals surface area contributed by atoms with Crippen molar-refractivity contribution in [3.63, 3.8) is 0 Å². The van der Waals surface area contributed by atoms with Crippen molar-refractivity contribution in [1.29, 1.82) is 0 Å². The van der Waals surface area contributed by atoms with Crippen LogP contribution in [0.3, 0.4) is 0 Å². The highest BCUT2D eigenvalue weighted by molar-refractivity contribution is 5.81. The second-order valence-electron chi connectivity index (χ2n) is 6.96. The Morgan fingerprint density at radius 2 is 2.08 bits per heavy atom. The van der Waals surface area contributed by atoms with Crippen molar-refractivity contribution in [3.8, 4) is 0 Å². The van der Waals surface area contributed by atoms with Crippen molar-refractivity contribution in [2.24, 2.45) is 13.0 Å². The molecule has 1 fully saturated rings. The number of aromatic nitrogens is 5. The molecule has 3 heterocycles. The fourth-order valence-corrected chi connectivity index (χ4v) is 3.84. The molecule has 0 saturated carbocycles. The van der Waals surface area contributed by atoms with Gasteiger partial charge in [0, 0.05) is 24.8 Å². The number of hydrogen-bond acceptors (Lipinski definition) is 4. The van der Waals surface area contributed by atoms with Crippen LogP contribution in [0.25, 0.3) is 0 Å². The van der Waals surface area contributed by atoms with Gasteiger partial charge in [-0.05, 0) is 32.6 Å². The van der Waals surface area contributed by atoms with Gasteiger partial charge < -0.3 is 4.90 Å². The lowest BCUT2D eigenvalue weighted by molar-refractivity contribution is -0.137. The zero-order chi connectivity index (χ0) is 17.4. The van der Waals surface area contributed by atoms with Crippen LogP contribution >= 0.6 is 0 Å². The van der Waals surface area contributed by atoms with Crippen LogP contribution < -0.4 is 0 Å². The Kier molecular flexibility index (Phi) is 4.43. The molecule has 1 amide bonds. The summed E-state index contributed by atoms with van der Waals surface area (Å²) in [5.41, 5.74) is 3.35. The molecule has 2 atom stereocenters. The monoisotopic (exact) mass is 330 g/mol. The van der Waals surface area contributed by atoms with E-state index in [2.05, 4.69) is 36.0 Å². The highest BCUT2D eigenvalue weighted by atomic mass is 16.2. The summed E-state index contributed by atoms with van der Waals surface area (Å²) >= 11 is 0. The van der Waals surface area contributed by atoms with E-state index in [1.165, 1.54) is 11.9 Å². The van der Waals surface area contributed by atoms with E-state index in [0.717, 1.165) is 30.8 Å². The minimum Gasteiger partial charge on any atom is -0.334 e. The maximum atomic E-state index is 13.3. The fourth-order valence-electron chi connectivity index (χ4n) is 3.84. The quantitative estimate of drug-likeness (QED) is 0.862. The summed E-state index contributed by atoms with van der Waals surface area (Å²) in [6.45, 7) is 9.00.